The van der Waals surface area contributed by atoms with Crippen LogP contribution in [0.1, 0.15) is 30.2 Å². The number of aryl methyl sites for hydroxylation is 2. The topological polar surface area (TPSA) is 64.1 Å². The molecule has 7 heteroatoms. The van der Waals surface area contributed by atoms with Gasteiger partial charge in [0.1, 0.15) is 11.4 Å². The number of hydrogen-bond donors (Lipinski definition) is 1. The Morgan fingerprint density at radius 2 is 2.19 bits per heavy atom. The fourth-order valence-electron chi connectivity index (χ4n) is 2.75. The van der Waals surface area contributed by atoms with Crippen LogP contribution in [0.4, 0.5) is 0 Å². The monoisotopic (exact) mass is 324 g/mol. The summed E-state index contributed by atoms with van der Waals surface area (Å²) in [6.07, 6.45) is 4.21. The van der Waals surface area contributed by atoms with Crippen molar-refractivity contribution in [3.8, 4) is 0 Å². The molecule has 0 spiro atoms. The van der Waals surface area contributed by atoms with E-state index < -0.39 is 5.97 Å². The molecule has 1 aliphatic rings. The highest BCUT2D eigenvalue weighted by molar-refractivity contribution is 7.71. The molecular weight excluding hydrogens is 308 g/mol. The number of H-pyrrole nitrogens is 1. The molecule has 1 N–H and O–H groups in total. The number of carbonyl (C=O) groups is 1. The van der Waals surface area contributed by atoms with Crippen molar-refractivity contribution in [3.63, 3.8) is 0 Å². The molecule has 3 rings (SSSR count). The van der Waals surface area contributed by atoms with Crippen LogP contribution in [-0.4, -0.2) is 22.1 Å². The van der Waals surface area contributed by atoms with E-state index in [0.29, 0.717) is 12.0 Å². The maximum atomic E-state index is 12.7. The van der Waals surface area contributed by atoms with Crippen molar-refractivity contribution in [3.05, 3.63) is 25.6 Å². The summed E-state index contributed by atoms with van der Waals surface area (Å²) in [5.74, 6) is -0.442. The quantitative estimate of drug-likeness (QED) is 0.696. The van der Waals surface area contributed by atoms with Gasteiger partial charge in [0.05, 0.1) is 12.0 Å². The number of esters is 1. The zero-order chi connectivity index (χ0) is 15.0. The molecule has 21 heavy (non-hydrogen) atoms. The highest BCUT2D eigenvalue weighted by atomic mass is 32.1. The van der Waals surface area contributed by atoms with E-state index in [9.17, 15) is 9.59 Å². The summed E-state index contributed by atoms with van der Waals surface area (Å²) in [5.41, 5.74) is 0.955. The molecule has 0 saturated heterocycles. The van der Waals surface area contributed by atoms with Crippen molar-refractivity contribution in [1.82, 2.24) is 9.55 Å². The predicted octanol–water partition coefficient (Wildman–Crippen LogP) is 2.56. The van der Waals surface area contributed by atoms with Crippen LogP contribution < -0.4 is 5.56 Å². The highest BCUT2D eigenvalue weighted by Gasteiger charge is 2.20. The number of fused-ring (bicyclic) bond motifs is 3. The number of aromatic nitrogens is 2. The molecule has 0 radical (unpaired) electrons. The summed E-state index contributed by atoms with van der Waals surface area (Å²) >= 11 is 6.83. The van der Waals surface area contributed by atoms with Crippen LogP contribution in [0.15, 0.2) is 4.79 Å². The van der Waals surface area contributed by atoms with Crippen LogP contribution in [0, 0.1) is 4.77 Å². The van der Waals surface area contributed by atoms with Crippen molar-refractivity contribution in [2.75, 3.05) is 6.61 Å². The minimum Gasteiger partial charge on any atom is -0.465 e. The zero-order valence-corrected chi connectivity index (χ0v) is 13.4. The lowest BCUT2D eigenvalue weighted by Gasteiger charge is -2.10. The third kappa shape index (κ3) is 2.55. The first-order valence-corrected chi connectivity index (χ1v) is 8.27. The molecule has 1 aliphatic carbocycles. The molecule has 0 saturated carbocycles. The third-order valence-electron chi connectivity index (χ3n) is 3.69. The van der Waals surface area contributed by atoms with E-state index >= 15 is 0 Å². The molecule has 0 aliphatic heterocycles. The summed E-state index contributed by atoms with van der Waals surface area (Å²) in [6, 6.07) is 0. The van der Waals surface area contributed by atoms with Gasteiger partial charge in [-0.15, -0.1) is 11.3 Å². The molecular formula is C14H16N2O3S2. The maximum Gasteiger partial charge on any atom is 0.326 e. The average molecular weight is 324 g/mol. The number of nitrogens with zero attached hydrogens (tertiary/aromatic N) is 1. The van der Waals surface area contributed by atoms with Crippen LogP contribution >= 0.6 is 23.6 Å². The van der Waals surface area contributed by atoms with E-state index in [0.717, 1.165) is 36.1 Å². The summed E-state index contributed by atoms with van der Waals surface area (Å²) in [4.78, 5) is 29.5. The van der Waals surface area contributed by atoms with Crippen LogP contribution in [-0.2, 0) is 28.9 Å². The number of carbonyl (C=O) groups excluding carboxylic acids is 1. The second kappa shape index (κ2) is 5.73. The normalized spacial score (nSPS) is 14.1. The van der Waals surface area contributed by atoms with Gasteiger partial charge in [0.2, 0.25) is 0 Å². The van der Waals surface area contributed by atoms with E-state index in [4.69, 9.17) is 17.0 Å². The fourth-order valence-corrected chi connectivity index (χ4v) is 4.35. The van der Waals surface area contributed by atoms with Gasteiger partial charge in [-0.25, -0.2) is 0 Å². The minimum absolute atomic E-state index is 0.136. The van der Waals surface area contributed by atoms with Gasteiger partial charge in [-0.2, -0.15) is 0 Å². The Morgan fingerprint density at radius 3 is 2.95 bits per heavy atom. The highest BCUT2D eigenvalue weighted by Crippen LogP contribution is 2.33. The number of rotatable bonds is 3. The van der Waals surface area contributed by atoms with E-state index in [1.54, 1.807) is 18.3 Å². The molecule has 0 bridgehead atoms. The summed E-state index contributed by atoms with van der Waals surface area (Å²) < 4.78 is 6.49. The van der Waals surface area contributed by atoms with Crippen molar-refractivity contribution in [2.45, 2.75) is 39.2 Å². The van der Waals surface area contributed by atoms with Gasteiger partial charge in [0.15, 0.2) is 4.77 Å². The molecule has 0 amide bonds. The molecule has 2 heterocycles. The fraction of sp³-hybridized carbons (Fsp3) is 0.500. The van der Waals surface area contributed by atoms with Gasteiger partial charge in [0, 0.05) is 4.88 Å². The van der Waals surface area contributed by atoms with Crippen molar-refractivity contribution in [1.29, 1.82) is 0 Å². The van der Waals surface area contributed by atoms with Crippen LogP contribution in [0.25, 0.3) is 10.2 Å². The van der Waals surface area contributed by atoms with Crippen LogP contribution in [0.2, 0.25) is 0 Å². The van der Waals surface area contributed by atoms with Gasteiger partial charge in [0.25, 0.3) is 5.56 Å². The summed E-state index contributed by atoms with van der Waals surface area (Å²) in [6.45, 7) is 1.89. The smallest absolute Gasteiger partial charge is 0.326 e. The Kier molecular flexibility index (Phi) is 3.95. The predicted molar refractivity (Wildman–Crippen MR) is 84.5 cm³/mol. The lowest BCUT2D eigenvalue weighted by molar-refractivity contribution is -0.143. The third-order valence-corrected chi connectivity index (χ3v) is 5.22. The number of hydrogen-bond acceptors (Lipinski definition) is 5. The Bertz CT molecular complexity index is 816. The molecule has 5 nitrogen and oxygen atoms in total. The second-order valence-electron chi connectivity index (χ2n) is 5.04. The molecule has 2 aromatic heterocycles. The van der Waals surface area contributed by atoms with Gasteiger partial charge in [-0.1, -0.05) is 0 Å². The first-order valence-electron chi connectivity index (χ1n) is 7.04. The van der Waals surface area contributed by atoms with Crippen LogP contribution in [0.5, 0.6) is 0 Å². The lowest BCUT2D eigenvalue weighted by atomic mass is 9.97. The van der Waals surface area contributed by atoms with Crippen molar-refractivity contribution >= 4 is 39.7 Å². The molecule has 2 aromatic rings. The number of ether oxygens (including phenoxy) is 1. The number of nitrogens with one attached hydrogen (secondary N) is 1. The van der Waals surface area contributed by atoms with Gasteiger partial charge >= 0.3 is 5.97 Å². The largest absolute Gasteiger partial charge is 0.465 e. The number of thiophene rings is 1. The van der Waals surface area contributed by atoms with Crippen molar-refractivity contribution in [2.24, 2.45) is 0 Å². The Hall–Kier alpha value is -1.47. The Labute approximate surface area is 130 Å². The molecule has 0 fully saturated rings. The van der Waals surface area contributed by atoms with Gasteiger partial charge < -0.3 is 9.72 Å². The van der Waals surface area contributed by atoms with Gasteiger partial charge in [-0.3, -0.25) is 14.2 Å². The SMILES string of the molecule is CCOC(=O)Cn1c(=S)[nH]c2sc3c(c2c1=O)CCCC3. The molecule has 112 valence electrons. The van der Waals surface area contributed by atoms with E-state index in [1.165, 1.54) is 9.44 Å². The van der Waals surface area contributed by atoms with E-state index in [2.05, 4.69) is 4.98 Å². The Balaban J connectivity index is 2.16. The summed E-state index contributed by atoms with van der Waals surface area (Å²) in [5, 5.41) is 0.701. The lowest BCUT2D eigenvalue weighted by Crippen LogP contribution is -2.27. The minimum atomic E-state index is -0.442. The van der Waals surface area contributed by atoms with Crippen molar-refractivity contribution < 1.29 is 9.53 Å². The van der Waals surface area contributed by atoms with Crippen LogP contribution in [0.3, 0.4) is 0 Å². The maximum absolute atomic E-state index is 12.7. The second-order valence-corrected chi connectivity index (χ2v) is 6.53. The first kappa shape index (κ1) is 14.5. The molecule has 0 atom stereocenters. The molecule has 0 aromatic carbocycles. The first-order chi connectivity index (χ1) is 10.1. The zero-order valence-electron chi connectivity index (χ0n) is 11.7. The average Bonchev–Trinajstić information content (AvgIpc) is 2.81. The Morgan fingerprint density at radius 1 is 1.43 bits per heavy atom. The van der Waals surface area contributed by atoms with Gasteiger partial charge in [-0.05, 0) is 50.4 Å². The number of aromatic amines is 1. The molecule has 0 unspecified atom stereocenters. The summed E-state index contributed by atoms with van der Waals surface area (Å²) in [7, 11) is 0. The standard InChI is InChI=1S/C14H16N2O3S2/c1-2-19-10(17)7-16-13(18)11-8-5-3-4-6-9(8)21-12(11)15-14(16)20/h2-7H2,1H3,(H,15,20). The van der Waals surface area contributed by atoms with E-state index in [-0.39, 0.29) is 16.9 Å². The van der Waals surface area contributed by atoms with E-state index in [1.807, 2.05) is 0 Å².